The third-order valence-corrected chi connectivity index (χ3v) is 2.98. The lowest BCUT2D eigenvalue weighted by Crippen LogP contribution is -2.30. The van der Waals surface area contributed by atoms with E-state index in [9.17, 15) is 4.79 Å². The number of hydrogen-bond acceptors (Lipinski definition) is 3. The van der Waals surface area contributed by atoms with E-state index >= 15 is 0 Å². The molecule has 2 rings (SSSR count). The van der Waals surface area contributed by atoms with E-state index in [4.69, 9.17) is 10.2 Å². The molecule has 4 nitrogen and oxygen atoms in total. The topological polar surface area (TPSA) is 59.5 Å². The highest BCUT2D eigenvalue weighted by atomic mass is 16.4. The van der Waals surface area contributed by atoms with Gasteiger partial charge >= 0.3 is 0 Å². The third-order valence-electron chi connectivity index (χ3n) is 2.98. The van der Waals surface area contributed by atoms with Gasteiger partial charge in [-0.25, -0.2) is 0 Å². The van der Waals surface area contributed by atoms with Gasteiger partial charge in [0.05, 0.1) is 6.54 Å². The van der Waals surface area contributed by atoms with Gasteiger partial charge in [-0.15, -0.1) is 0 Å². The van der Waals surface area contributed by atoms with E-state index in [0.29, 0.717) is 24.6 Å². The van der Waals surface area contributed by atoms with Crippen molar-refractivity contribution < 1.29 is 9.21 Å². The van der Waals surface area contributed by atoms with Crippen molar-refractivity contribution in [3.63, 3.8) is 0 Å². The maximum atomic E-state index is 12.4. The molecule has 100 valence electrons. The number of anilines is 1. The first-order valence-corrected chi connectivity index (χ1v) is 6.33. The van der Waals surface area contributed by atoms with Gasteiger partial charge in [-0.3, -0.25) is 4.79 Å². The normalized spacial score (nSPS) is 10.5. The predicted octanol–water partition coefficient (Wildman–Crippen LogP) is 2.71. The Bertz CT molecular complexity index is 558. The minimum absolute atomic E-state index is 0.147. The minimum atomic E-state index is -0.147. The lowest BCUT2D eigenvalue weighted by Gasteiger charge is -2.19. The summed E-state index contributed by atoms with van der Waals surface area (Å²) in [6.07, 6.45) is 0. The Morgan fingerprint density at radius 1 is 1.21 bits per heavy atom. The zero-order chi connectivity index (χ0) is 13.8. The molecule has 0 saturated heterocycles. The van der Waals surface area contributed by atoms with E-state index in [1.807, 2.05) is 38.1 Å². The highest BCUT2D eigenvalue weighted by Crippen LogP contribution is 2.19. The van der Waals surface area contributed by atoms with Crippen molar-refractivity contribution in [3.8, 4) is 0 Å². The SMILES string of the molecule is CCN(C(=O)c1ccc(CN)o1)c1ccc(C)cc1. The van der Waals surface area contributed by atoms with Gasteiger partial charge in [0.15, 0.2) is 5.76 Å². The van der Waals surface area contributed by atoms with Crippen LogP contribution >= 0.6 is 0 Å². The van der Waals surface area contributed by atoms with Crippen LogP contribution in [0.15, 0.2) is 40.8 Å². The van der Waals surface area contributed by atoms with Crippen molar-refractivity contribution >= 4 is 11.6 Å². The van der Waals surface area contributed by atoms with Crippen molar-refractivity contribution in [2.24, 2.45) is 5.73 Å². The number of carbonyl (C=O) groups is 1. The van der Waals surface area contributed by atoms with Crippen molar-refractivity contribution in [2.75, 3.05) is 11.4 Å². The Morgan fingerprint density at radius 3 is 2.42 bits per heavy atom. The van der Waals surface area contributed by atoms with Crippen LogP contribution in [0.3, 0.4) is 0 Å². The molecule has 1 heterocycles. The number of nitrogens with zero attached hydrogens (tertiary/aromatic N) is 1. The molecule has 2 aromatic rings. The largest absolute Gasteiger partial charge is 0.455 e. The van der Waals surface area contributed by atoms with Crippen LogP contribution in [0.2, 0.25) is 0 Å². The fourth-order valence-electron chi connectivity index (χ4n) is 1.90. The Morgan fingerprint density at radius 2 is 1.89 bits per heavy atom. The fourth-order valence-corrected chi connectivity index (χ4v) is 1.90. The lowest BCUT2D eigenvalue weighted by molar-refractivity contribution is 0.0960. The molecule has 0 spiro atoms. The Labute approximate surface area is 112 Å². The summed E-state index contributed by atoms with van der Waals surface area (Å²) in [6, 6.07) is 11.2. The summed E-state index contributed by atoms with van der Waals surface area (Å²) in [5.41, 5.74) is 7.51. The summed E-state index contributed by atoms with van der Waals surface area (Å²) in [5, 5.41) is 0. The van der Waals surface area contributed by atoms with Crippen LogP contribution in [0.4, 0.5) is 5.69 Å². The molecule has 2 N–H and O–H groups in total. The van der Waals surface area contributed by atoms with Crippen molar-refractivity contribution in [1.82, 2.24) is 0 Å². The summed E-state index contributed by atoms with van der Waals surface area (Å²) in [5.74, 6) is 0.789. The zero-order valence-corrected chi connectivity index (χ0v) is 11.2. The van der Waals surface area contributed by atoms with E-state index in [-0.39, 0.29) is 5.91 Å². The van der Waals surface area contributed by atoms with Gasteiger partial charge in [-0.05, 0) is 38.1 Å². The first-order chi connectivity index (χ1) is 9.15. The molecule has 0 aliphatic heterocycles. The molecule has 1 amide bonds. The first-order valence-electron chi connectivity index (χ1n) is 6.33. The molecular weight excluding hydrogens is 240 g/mol. The van der Waals surface area contributed by atoms with Crippen LogP contribution in [0.1, 0.15) is 28.8 Å². The zero-order valence-electron chi connectivity index (χ0n) is 11.2. The van der Waals surface area contributed by atoms with Crippen LogP contribution in [0.5, 0.6) is 0 Å². The minimum Gasteiger partial charge on any atom is -0.455 e. The fraction of sp³-hybridized carbons (Fsp3) is 0.267. The lowest BCUT2D eigenvalue weighted by atomic mass is 10.2. The van der Waals surface area contributed by atoms with E-state index in [2.05, 4.69) is 0 Å². The molecule has 0 bridgehead atoms. The van der Waals surface area contributed by atoms with E-state index in [1.54, 1.807) is 17.0 Å². The molecule has 0 saturated carbocycles. The van der Waals surface area contributed by atoms with Gasteiger partial charge in [0.1, 0.15) is 5.76 Å². The maximum absolute atomic E-state index is 12.4. The number of rotatable bonds is 4. The second kappa shape index (κ2) is 5.71. The summed E-state index contributed by atoms with van der Waals surface area (Å²) >= 11 is 0. The molecule has 1 aromatic heterocycles. The van der Waals surface area contributed by atoms with Gasteiger partial charge in [-0.1, -0.05) is 17.7 Å². The molecule has 1 aromatic carbocycles. The highest BCUT2D eigenvalue weighted by Gasteiger charge is 2.19. The molecule has 0 aliphatic carbocycles. The van der Waals surface area contributed by atoms with Crippen molar-refractivity contribution in [3.05, 3.63) is 53.5 Å². The molecule has 0 atom stereocenters. The quantitative estimate of drug-likeness (QED) is 0.917. The monoisotopic (exact) mass is 258 g/mol. The smallest absolute Gasteiger partial charge is 0.293 e. The first kappa shape index (κ1) is 13.4. The summed E-state index contributed by atoms with van der Waals surface area (Å²) < 4.78 is 5.41. The van der Waals surface area contributed by atoms with Gasteiger partial charge in [0.25, 0.3) is 5.91 Å². The van der Waals surface area contributed by atoms with Gasteiger partial charge in [0.2, 0.25) is 0 Å². The average molecular weight is 258 g/mol. The third kappa shape index (κ3) is 2.85. The second-order valence-electron chi connectivity index (χ2n) is 4.36. The Hall–Kier alpha value is -2.07. The van der Waals surface area contributed by atoms with Crippen LogP contribution in [-0.2, 0) is 6.54 Å². The van der Waals surface area contributed by atoms with Gasteiger partial charge in [-0.2, -0.15) is 0 Å². The number of nitrogens with two attached hydrogens (primary N) is 1. The summed E-state index contributed by atoms with van der Waals surface area (Å²) in [6.45, 7) is 4.83. The Kier molecular flexibility index (Phi) is 4.02. The number of benzene rings is 1. The highest BCUT2D eigenvalue weighted by molar-refractivity contribution is 6.04. The Balaban J connectivity index is 2.26. The van der Waals surface area contributed by atoms with Crippen LogP contribution in [-0.4, -0.2) is 12.5 Å². The molecule has 0 fully saturated rings. The molecule has 0 aliphatic rings. The van der Waals surface area contributed by atoms with E-state index < -0.39 is 0 Å². The summed E-state index contributed by atoms with van der Waals surface area (Å²) in [7, 11) is 0. The molecular formula is C15H18N2O2. The number of hydrogen-bond donors (Lipinski definition) is 1. The van der Waals surface area contributed by atoms with E-state index in [0.717, 1.165) is 11.3 Å². The average Bonchev–Trinajstić information content (AvgIpc) is 2.90. The van der Waals surface area contributed by atoms with Crippen molar-refractivity contribution in [1.29, 1.82) is 0 Å². The molecule has 0 radical (unpaired) electrons. The van der Waals surface area contributed by atoms with E-state index in [1.165, 1.54) is 0 Å². The summed E-state index contributed by atoms with van der Waals surface area (Å²) in [4.78, 5) is 14.1. The standard InChI is InChI=1S/C15H18N2O2/c1-3-17(12-6-4-11(2)5-7-12)15(18)14-9-8-13(10-16)19-14/h4-9H,3,10,16H2,1-2H3. The molecule has 19 heavy (non-hydrogen) atoms. The maximum Gasteiger partial charge on any atom is 0.293 e. The van der Waals surface area contributed by atoms with Gasteiger partial charge in [0, 0.05) is 12.2 Å². The number of aryl methyl sites for hydroxylation is 1. The molecule has 4 heteroatoms. The van der Waals surface area contributed by atoms with Gasteiger partial charge < -0.3 is 15.1 Å². The number of amides is 1. The van der Waals surface area contributed by atoms with Crippen LogP contribution < -0.4 is 10.6 Å². The predicted molar refractivity (Wildman–Crippen MR) is 75.1 cm³/mol. The van der Waals surface area contributed by atoms with Crippen LogP contribution in [0, 0.1) is 6.92 Å². The molecule has 0 unspecified atom stereocenters. The number of furan rings is 1. The van der Waals surface area contributed by atoms with Crippen LogP contribution in [0.25, 0.3) is 0 Å². The number of carbonyl (C=O) groups excluding carboxylic acids is 1. The van der Waals surface area contributed by atoms with Crippen molar-refractivity contribution in [2.45, 2.75) is 20.4 Å². The second-order valence-corrected chi connectivity index (χ2v) is 4.36.